The average molecular weight is 615 g/mol. The highest BCUT2D eigenvalue weighted by Crippen LogP contribution is 2.42. The molecule has 3 aromatic heterocycles. The molecule has 0 radical (unpaired) electrons. The lowest BCUT2D eigenvalue weighted by atomic mass is 9.88. The third-order valence-corrected chi connectivity index (χ3v) is 10.6. The molecule has 7 aromatic carbocycles. The molecule has 10 aromatic rings. The average Bonchev–Trinajstić information content (AvgIpc) is 3.52. The van der Waals surface area contributed by atoms with Crippen LogP contribution >= 0.6 is 11.3 Å². The number of hydrogen-bond donors (Lipinski definition) is 0. The predicted octanol–water partition coefficient (Wildman–Crippen LogP) is 12.5. The standard InChI is InChI=1S/C44H26N2S/c1-2-14-39-37(11-1)38-26-31(19-20-40(38)47-39)32-23-33(35-12-3-7-27-15-17-29-9-5-21-45-43(29)41(27)35)25-34(24-32)36-13-4-8-28-16-18-30-10-6-22-46-44(30)42(28)36/h1-26H. The van der Waals surface area contributed by atoms with Gasteiger partial charge in [0, 0.05) is 54.1 Å². The maximum absolute atomic E-state index is 4.88. The molecule has 0 fully saturated rings. The van der Waals surface area contributed by atoms with Crippen LogP contribution in [-0.4, -0.2) is 9.97 Å². The highest BCUT2D eigenvalue weighted by atomic mass is 32.1. The topological polar surface area (TPSA) is 25.8 Å². The molecule has 0 aliphatic carbocycles. The number of thiophene rings is 1. The van der Waals surface area contributed by atoms with E-state index in [0.717, 1.165) is 21.8 Å². The molecule has 0 aliphatic rings. The molecule has 2 nitrogen and oxygen atoms in total. The first-order valence-electron chi connectivity index (χ1n) is 15.9. The SMILES string of the molecule is c1cnc2c(c1)ccc1cccc(-c3cc(-c4ccc5sc6ccccc6c5c4)cc(-c4cccc5ccc6cccnc6c45)c3)c12. The molecular weight excluding hydrogens is 589 g/mol. The zero-order valence-electron chi connectivity index (χ0n) is 25.3. The van der Waals surface area contributed by atoms with Crippen molar-refractivity contribution in [3.8, 4) is 33.4 Å². The summed E-state index contributed by atoms with van der Waals surface area (Å²) in [5.74, 6) is 0. The van der Waals surface area contributed by atoms with Crippen molar-refractivity contribution in [2.45, 2.75) is 0 Å². The van der Waals surface area contributed by atoms with E-state index in [1.807, 2.05) is 35.9 Å². The van der Waals surface area contributed by atoms with Gasteiger partial charge in [0.2, 0.25) is 0 Å². The van der Waals surface area contributed by atoms with Gasteiger partial charge in [0.15, 0.2) is 0 Å². The van der Waals surface area contributed by atoms with Gasteiger partial charge in [-0.15, -0.1) is 11.3 Å². The lowest BCUT2D eigenvalue weighted by Crippen LogP contribution is -1.91. The van der Waals surface area contributed by atoms with E-state index in [9.17, 15) is 0 Å². The van der Waals surface area contributed by atoms with Gasteiger partial charge in [-0.05, 0) is 92.7 Å². The van der Waals surface area contributed by atoms with Gasteiger partial charge >= 0.3 is 0 Å². The number of pyridine rings is 2. The minimum atomic E-state index is 1.03. The van der Waals surface area contributed by atoms with Crippen LogP contribution in [-0.2, 0) is 0 Å². The molecule has 3 heterocycles. The molecule has 47 heavy (non-hydrogen) atoms. The van der Waals surface area contributed by atoms with Crippen LogP contribution in [0.5, 0.6) is 0 Å². The Hall–Kier alpha value is -5.90. The van der Waals surface area contributed by atoms with Crippen LogP contribution in [0, 0.1) is 0 Å². The van der Waals surface area contributed by atoms with Crippen molar-refractivity contribution in [1.29, 1.82) is 0 Å². The second-order valence-corrected chi connectivity index (χ2v) is 13.3. The summed E-state index contributed by atoms with van der Waals surface area (Å²) >= 11 is 1.86. The Kier molecular flexibility index (Phi) is 5.78. The van der Waals surface area contributed by atoms with Crippen LogP contribution in [0.3, 0.4) is 0 Å². The molecule has 0 amide bonds. The third-order valence-electron chi connectivity index (χ3n) is 9.49. The summed E-state index contributed by atoms with van der Waals surface area (Å²) in [6.45, 7) is 0. The van der Waals surface area contributed by atoms with E-state index in [1.165, 1.54) is 75.1 Å². The van der Waals surface area contributed by atoms with E-state index in [1.54, 1.807) is 0 Å². The molecule has 0 spiro atoms. The van der Waals surface area contributed by atoms with Crippen molar-refractivity contribution in [2.24, 2.45) is 0 Å². The third kappa shape index (κ3) is 4.17. The highest BCUT2D eigenvalue weighted by Gasteiger charge is 2.16. The van der Waals surface area contributed by atoms with Crippen molar-refractivity contribution in [3.05, 3.63) is 158 Å². The zero-order chi connectivity index (χ0) is 30.9. The van der Waals surface area contributed by atoms with E-state index >= 15 is 0 Å². The first-order valence-corrected chi connectivity index (χ1v) is 16.7. The van der Waals surface area contributed by atoms with E-state index in [2.05, 4.69) is 133 Å². The van der Waals surface area contributed by atoms with Crippen molar-refractivity contribution >= 4 is 74.9 Å². The lowest BCUT2D eigenvalue weighted by molar-refractivity contribution is 1.43. The highest BCUT2D eigenvalue weighted by molar-refractivity contribution is 7.25. The molecular formula is C44H26N2S. The summed E-state index contributed by atoms with van der Waals surface area (Å²) in [6, 6.07) is 53.0. The Morgan fingerprint density at radius 1 is 0.362 bits per heavy atom. The zero-order valence-corrected chi connectivity index (χ0v) is 26.1. The summed E-state index contributed by atoms with van der Waals surface area (Å²) in [7, 11) is 0. The molecule has 0 atom stereocenters. The molecule has 0 saturated heterocycles. The molecule has 0 aliphatic heterocycles. The fourth-order valence-electron chi connectivity index (χ4n) is 7.32. The minimum Gasteiger partial charge on any atom is -0.256 e. The van der Waals surface area contributed by atoms with Crippen molar-refractivity contribution in [2.75, 3.05) is 0 Å². The minimum absolute atomic E-state index is 1.03. The first kappa shape index (κ1) is 26.3. The van der Waals surface area contributed by atoms with Crippen LogP contribution in [0.15, 0.2) is 158 Å². The van der Waals surface area contributed by atoms with Gasteiger partial charge in [-0.25, -0.2) is 0 Å². The fraction of sp³-hybridized carbons (Fsp3) is 0. The van der Waals surface area contributed by atoms with Gasteiger partial charge in [0.1, 0.15) is 0 Å². The van der Waals surface area contributed by atoms with E-state index in [4.69, 9.17) is 9.97 Å². The van der Waals surface area contributed by atoms with Crippen LogP contribution in [0.1, 0.15) is 0 Å². The van der Waals surface area contributed by atoms with Crippen LogP contribution in [0.2, 0.25) is 0 Å². The largest absolute Gasteiger partial charge is 0.256 e. The summed E-state index contributed by atoms with van der Waals surface area (Å²) in [4.78, 5) is 9.76. The van der Waals surface area contributed by atoms with Crippen molar-refractivity contribution < 1.29 is 0 Å². The Bertz CT molecular complexity index is 2730. The van der Waals surface area contributed by atoms with Gasteiger partial charge in [0.05, 0.1) is 11.0 Å². The molecule has 0 bridgehead atoms. The van der Waals surface area contributed by atoms with Gasteiger partial charge in [-0.1, -0.05) is 97.1 Å². The van der Waals surface area contributed by atoms with E-state index < -0.39 is 0 Å². The van der Waals surface area contributed by atoms with Crippen LogP contribution in [0.25, 0.3) is 96.9 Å². The van der Waals surface area contributed by atoms with Gasteiger partial charge < -0.3 is 0 Å². The first-order chi connectivity index (χ1) is 23.3. The maximum atomic E-state index is 4.88. The number of aromatic nitrogens is 2. The van der Waals surface area contributed by atoms with Crippen LogP contribution < -0.4 is 0 Å². The summed E-state index contributed by atoms with van der Waals surface area (Å²) in [6.07, 6.45) is 3.80. The lowest BCUT2D eigenvalue weighted by Gasteiger charge is -2.16. The van der Waals surface area contributed by atoms with Crippen molar-refractivity contribution in [1.82, 2.24) is 9.97 Å². The number of rotatable bonds is 3. The predicted molar refractivity (Wildman–Crippen MR) is 201 cm³/mol. The van der Waals surface area contributed by atoms with Gasteiger partial charge in [-0.2, -0.15) is 0 Å². The second kappa shape index (κ2) is 10.3. The number of fused-ring (bicyclic) bond motifs is 9. The molecule has 0 saturated carbocycles. The smallest absolute Gasteiger partial charge is 0.0786 e. The molecule has 0 N–H and O–H groups in total. The van der Waals surface area contributed by atoms with E-state index in [0.29, 0.717) is 0 Å². The van der Waals surface area contributed by atoms with Gasteiger partial charge in [0.25, 0.3) is 0 Å². The normalized spacial score (nSPS) is 11.8. The Morgan fingerprint density at radius 2 is 0.915 bits per heavy atom. The Labute approximate surface area is 275 Å². The number of benzene rings is 7. The molecule has 218 valence electrons. The quantitative estimate of drug-likeness (QED) is 0.185. The van der Waals surface area contributed by atoms with Crippen LogP contribution in [0.4, 0.5) is 0 Å². The maximum Gasteiger partial charge on any atom is 0.0786 e. The number of hydrogen-bond acceptors (Lipinski definition) is 3. The second-order valence-electron chi connectivity index (χ2n) is 12.2. The summed E-state index contributed by atoms with van der Waals surface area (Å²) < 4.78 is 2.63. The summed E-state index contributed by atoms with van der Waals surface area (Å²) in [5, 5.41) is 9.63. The van der Waals surface area contributed by atoms with E-state index in [-0.39, 0.29) is 0 Å². The Balaban J connectivity index is 1.30. The Morgan fingerprint density at radius 3 is 1.57 bits per heavy atom. The van der Waals surface area contributed by atoms with Gasteiger partial charge in [-0.3, -0.25) is 9.97 Å². The fourth-order valence-corrected chi connectivity index (χ4v) is 8.41. The molecule has 10 rings (SSSR count). The number of nitrogens with zero attached hydrogens (tertiary/aromatic N) is 2. The molecule has 0 unspecified atom stereocenters. The van der Waals surface area contributed by atoms with Crippen molar-refractivity contribution in [3.63, 3.8) is 0 Å². The monoisotopic (exact) mass is 614 g/mol. The summed E-state index contributed by atoms with van der Waals surface area (Å²) in [5.41, 5.74) is 9.14. The molecule has 3 heteroatoms.